The van der Waals surface area contributed by atoms with Gasteiger partial charge in [0.25, 0.3) is 0 Å². The predicted molar refractivity (Wildman–Crippen MR) is 64.7 cm³/mol. The van der Waals surface area contributed by atoms with Gasteiger partial charge in [0.05, 0.1) is 0 Å². The Morgan fingerprint density at radius 3 is 2.25 bits per heavy atom. The van der Waals surface area contributed by atoms with Crippen molar-refractivity contribution in [3.05, 3.63) is 0 Å². The number of carbonyl (C=O) groups is 2. The molecule has 0 spiro atoms. The van der Waals surface area contributed by atoms with Crippen LogP contribution in [-0.4, -0.2) is 61.3 Å². The Kier molecular flexibility index (Phi) is 7.93. The maximum atomic E-state index is 11.6. The van der Waals surface area contributed by atoms with Gasteiger partial charge in [0.15, 0.2) is 0 Å². The van der Waals surface area contributed by atoms with E-state index in [1.165, 1.54) is 0 Å². The molecule has 3 amide bonds. The first-order valence-electron chi connectivity index (χ1n) is 5.30. The summed E-state index contributed by atoms with van der Waals surface area (Å²) in [4.78, 5) is 26.2. The Labute approximate surface area is 102 Å². The summed E-state index contributed by atoms with van der Waals surface area (Å²) in [7, 11) is 3.87. The highest BCUT2D eigenvalue weighted by molar-refractivity contribution is 6.28. The van der Waals surface area contributed by atoms with Crippen molar-refractivity contribution in [2.75, 3.05) is 39.6 Å². The number of nitrogens with zero attached hydrogens (tertiary/aromatic N) is 2. The summed E-state index contributed by atoms with van der Waals surface area (Å²) in [6.45, 7) is 3.99. The Bertz CT molecular complexity index is 234. The lowest BCUT2D eigenvalue weighted by Crippen LogP contribution is -2.46. The number of rotatable bonds is 6. The van der Waals surface area contributed by atoms with Gasteiger partial charge in [0, 0.05) is 19.6 Å². The van der Waals surface area contributed by atoms with Gasteiger partial charge in [0.2, 0.25) is 5.91 Å². The number of nitrogens with one attached hydrogen (secondary N) is 1. The molecule has 0 fully saturated rings. The zero-order chi connectivity index (χ0) is 12.6. The number of carbonyl (C=O) groups excluding carboxylic acids is 2. The van der Waals surface area contributed by atoms with Crippen molar-refractivity contribution < 1.29 is 9.59 Å². The minimum Gasteiger partial charge on any atom is -0.323 e. The second-order valence-electron chi connectivity index (χ2n) is 3.78. The fourth-order valence-electron chi connectivity index (χ4n) is 1.14. The van der Waals surface area contributed by atoms with Gasteiger partial charge in [-0.15, -0.1) is 11.6 Å². The van der Waals surface area contributed by atoms with Gasteiger partial charge in [-0.2, -0.15) is 0 Å². The SMILES string of the molecule is CCCN(CCN(C)C)C(=O)NC(=O)CCl. The molecule has 0 aliphatic heterocycles. The first-order valence-corrected chi connectivity index (χ1v) is 5.84. The molecule has 0 rings (SSSR count). The maximum absolute atomic E-state index is 11.6. The van der Waals surface area contributed by atoms with Gasteiger partial charge in [0.1, 0.15) is 5.88 Å². The summed E-state index contributed by atoms with van der Waals surface area (Å²) in [6, 6.07) is -0.366. The Balaban J connectivity index is 4.17. The molecule has 0 heterocycles. The van der Waals surface area contributed by atoms with Gasteiger partial charge in [-0.25, -0.2) is 4.79 Å². The van der Waals surface area contributed by atoms with Crippen LogP contribution in [0.1, 0.15) is 13.3 Å². The minimum absolute atomic E-state index is 0.195. The summed E-state index contributed by atoms with van der Waals surface area (Å²) < 4.78 is 0. The van der Waals surface area contributed by atoms with Gasteiger partial charge >= 0.3 is 6.03 Å². The van der Waals surface area contributed by atoms with Crippen molar-refractivity contribution in [3.63, 3.8) is 0 Å². The van der Waals surface area contributed by atoms with Crippen LogP contribution in [0.15, 0.2) is 0 Å². The van der Waals surface area contributed by atoms with Crippen molar-refractivity contribution in [2.24, 2.45) is 0 Å². The lowest BCUT2D eigenvalue weighted by atomic mass is 10.4. The Morgan fingerprint density at radius 2 is 1.81 bits per heavy atom. The van der Waals surface area contributed by atoms with E-state index in [2.05, 4.69) is 5.32 Å². The fraction of sp³-hybridized carbons (Fsp3) is 0.800. The van der Waals surface area contributed by atoms with Crippen molar-refractivity contribution >= 4 is 23.5 Å². The largest absolute Gasteiger partial charge is 0.324 e. The highest BCUT2D eigenvalue weighted by atomic mass is 35.5. The maximum Gasteiger partial charge on any atom is 0.324 e. The molecular formula is C10H20ClN3O2. The number of likely N-dealkylation sites (N-methyl/N-ethyl adjacent to an activating group) is 1. The first kappa shape index (κ1) is 15.2. The van der Waals surface area contributed by atoms with Crippen LogP contribution in [0.4, 0.5) is 4.79 Å². The molecule has 0 unspecified atom stereocenters. The second-order valence-corrected chi connectivity index (χ2v) is 4.04. The topological polar surface area (TPSA) is 52.6 Å². The number of alkyl halides is 1. The van der Waals surface area contributed by atoms with Crippen LogP contribution in [0.5, 0.6) is 0 Å². The Hall–Kier alpha value is -0.810. The molecule has 0 aromatic heterocycles. The number of halogens is 1. The summed E-state index contributed by atoms with van der Waals surface area (Å²) in [5.74, 6) is -0.656. The van der Waals surface area contributed by atoms with E-state index in [1.54, 1.807) is 4.90 Å². The zero-order valence-electron chi connectivity index (χ0n) is 10.1. The van der Waals surface area contributed by atoms with Crippen molar-refractivity contribution in [1.29, 1.82) is 0 Å². The average molecular weight is 250 g/mol. The number of hydrogen-bond donors (Lipinski definition) is 1. The molecular weight excluding hydrogens is 230 g/mol. The molecule has 5 nitrogen and oxygen atoms in total. The molecule has 94 valence electrons. The molecule has 0 saturated heterocycles. The monoisotopic (exact) mass is 249 g/mol. The highest BCUT2D eigenvalue weighted by Gasteiger charge is 2.14. The number of imide groups is 1. The quantitative estimate of drug-likeness (QED) is 0.707. The summed E-state index contributed by atoms with van der Waals surface area (Å²) in [6.07, 6.45) is 0.857. The standard InChI is InChI=1S/C10H20ClN3O2/c1-4-5-14(7-6-13(2)3)10(16)12-9(15)8-11/h4-8H2,1-3H3,(H,12,15,16). The van der Waals surface area contributed by atoms with Crippen LogP contribution in [-0.2, 0) is 4.79 Å². The van der Waals surface area contributed by atoms with E-state index in [-0.39, 0.29) is 11.9 Å². The van der Waals surface area contributed by atoms with Gasteiger partial charge in [-0.1, -0.05) is 6.92 Å². The van der Waals surface area contributed by atoms with Crippen LogP contribution >= 0.6 is 11.6 Å². The lowest BCUT2D eigenvalue weighted by molar-refractivity contribution is -0.117. The number of hydrogen-bond acceptors (Lipinski definition) is 3. The molecule has 1 N–H and O–H groups in total. The first-order chi connectivity index (χ1) is 7.51. The van der Waals surface area contributed by atoms with Gasteiger partial charge in [-0.3, -0.25) is 10.1 Å². The third-order valence-electron chi connectivity index (χ3n) is 1.97. The minimum atomic E-state index is -0.461. The smallest absolute Gasteiger partial charge is 0.323 e. The molecule has 0 aliphatic carbocycles. The normalized spacial score (nSPS) is 10.3. The van der Waals surface area contributed by atoms with E-state index in [0.717, 1.165) is 13.0 Å². The van der Waals surface area contributed by atoms with Crippen molar-refractivity contribution in [1.82, 2.24) is 15.1 Å². The highest BCUT2D eigenvalue weighted by Crippen LogP contribution is 1.94. The molecule has 0 saturated carbocycles. The van der Waals surface area contributed by atoms with E-state index in [4.69, 9.17) is 11.6 Å². The predicted octanol–water partition coefficient (Wildman–Crippen LogP) is 0.735. The van der Waals surface area contributed by atoms with Crippen molar-refractivity contribution in [3.8, 4) is 0 Å². The van der Waals surface area contributed by atoms with E-state index in [0.29, 0.717) is 13.1 Å². The molecule has 0 atom stereocenters. The average Bonchev–Trinajstić information content (AvgIpc) is 2.23. The molecule has 0 aromatic carbocycles. The summed E-state index contributed by atoms with van der Waals surface area (Å²) >= 11 is 5.31. The van der Waals surface area contributed by atoms with Crippen LogP contribution in [0.3, 0.4) is 0 Å². The van der Waals surface area contributed by atoms with E-state index >= 15 is 0 Å². The summed E-state index contributed by atoms with van der Waals surface area (Å²) in [5, 5.41) is 2.24. The van der Waals surface area contributed by atoms with Crippen LogP contribution in [0.25, 0.3) is 0 Å². The summed E-state index contributed by atoms with van der Waals surface area (Å²) in [5.41, 5.74) is 0. The molecule has 0 aromatic rings. The van der Waals surface area contributed by atoms with Crippen LogP contribution in [0, 0.1) is 0 Å². The number of amides is 3. The lowest BCUT2D eigenvalue weighted by Gasteiger charge is -2.23. The zero-order valence-corrected chi connectivity index (χ0v) is 10.9. The third kappa shape index (κ3) is 6.63. The van der Waals surface area contributed by atoms with E-state index in [1.807, 2.05) is 25.9 Å². The Morgan fingerprint density at radius 1 is 1.19 bits per heavy atom. The van der Waals surface area contributed by atoms with Crippen molar-refractivity contribution in [2.45, 2.75) is 13.3 Å². The third-order valence-corrected chi connectivity index (χ3v) is 2.21. The molecule has 0 aliphatic rings. The van der Waals surface area contributed by atoms with Gasteiger partial charge in [-0.05, 0) is 20.5 Å². The molecule has 16 heavy (non-hydrogen) atoms. The van der Waals surface area contributed by atoms with Crippen LogP contribution < -0.4 is 5.32 Å². The fourth-order valence-corrected chi connectivity index (χ4v) is 1.20. The molecule has 6 heteroatoms. The molecule has 0 bridgehead atoms. The second kappa shape index (κ2) is 8.35. The van der Waals surface area contributed by atoms with Crippen LogP contribution in [0.2, 0.25) is 0 Å². The van der Waals surface area contributed by atoms with Gasteiger partial charge < -0.3 is 9.80 Å². The van der Waals surface area contributed by atoms with E-state index < -0.39 is 5.91 Å². The molecule has 0 radical (unpaired) electrons. The number of urea groups is 1. The van der Waals surface area contributed by atoms with E-state index in [9.17, 15) is 9.59 Å².